The fourth-order valence-corrected chi connectivity index (χ4v) is 3.01. The second kappa shape index (κ2) is 11.9. The van der Waals surface area contributed by atoms with Gasteiger partial charge < -0.3 is 14.8 Å². The Bertz CT molecular complexity index is 389. The molecule has 0 aromatic carbocycles. The van der Waals surface area contributed by atoms with Crippen LogP contribution < -0.4 is 5.32 Å². The minimum absolute atomic E-state index is 0.276. The average molecular weight is 339 g/mol. The number of carbonyl (C=O) groups is 2. The molecule has 1 amide bonds. The Hall–Kier alpha value is -1.52. The molecule has 0 bridgehead atoms. The van der Waals surface area contributed by atoms with Crippen LogP contribution in [0.2, 0.25) is 0 Å². The molecular weight excluding hydrogens is 306 g/mol. The highest BCUT2D eigenvalue weighted by Crippen LogP contribution is 2.31. The van der Waals surface area contributed by atoms with E-state index < -0.39 is 11.6 Å². The van der Waals surface area contributed by atoms with Crippen LogP contribution in [0.15, 0.2) is 12.7 Å². The third kappa shape index (κ3) is 7.37. The lowest BCUT2D eigenvalue weighted by Crippen LogP contribution is -2.53. The molecule has 0 radical (unpaired) electrons. The summed E-state index contributed by atoms with van der Waals surface area (Å²) in [6.07, 6.45) is 11.7. The van der Waals surface area contributed by atoms with Crippen LogP contribution in [0.5, 0.6) is 0 Å². The molecule has 0 aromatic rings. The first-order valence-electron chi connectivity index (χ1n) is 9.37. The van der Waals surface area contributed by atoms with Gasteiger partial charge in [0.25, 0.3) is 0 Å². The van der Waals surface area contributed by atoms with Crippen LogP contribution in [0.3, 0.4) is 0 Å². The van der Waals surface area contributed by atoms with Crippen LogP contribution in [-0.2, 0) is 14.3 Å². The number of unbranched alkanes of at least 4 members (excludes halogenated alkanes) is 5. The molecule has 0 spiro atoms. The molecule has 0 unspecified atom stereocenters. The van der Waals surface area contributed by atoms with Crippen LogP contribution >= 0.6 is 0 Å². The van der Waals surface area contributed by atoms with E-state index in [1.54, 1.807) is 6.08 Å². The van der Waals surface area contributed by atoms with Gasteiger partial charge in [0.05, 0.1) is 13.2 Å². The van der Waals surface area contributed by atoms with Crippen molar-refractivity contribution in [1.82, 2.24) is 5.32 Å². The number of esters is 1. The topological polar surface area (TPSA) is 64.6 Å². The van der Waals surface area contributed by atoms with Gasteiger partial charge in [0.2, 0.25) is 0 Å². The number of hydrogen-bond donors (Lipinski definition) is 1. The van der Waals surface area contributed by atoms with Crippen LogP contribution in [0, 0.1) is 0 Å². The van der Waals surface area contributed by atoms with Gasteiger partial charge in [-0.15, -0.1) is 6.58 Å². The lowest BCUT2D eigenvalue weighted by atomic mass is 9.98. The van der Waals surface area contributed by atoms with Crippen molar-refractivity contribution in [2.75, 3.05) is 13.2 Å². The molecule has 1 N–H and O–H groups in total. The molecule has 1 rings (SSSR count). The van der Waals surface area contributed by atoms with Crippen molar-refractivity contribution >= 4 is 12.1 Å². The highest BCUT2D eigenvalue weighted by atomic mass is 16.6. The van der Waals surface area contributed by atoms with Crippen LogP contribution in [-0.4, -0.2) is 30.8 Å². The number of rotatable bonds is 12. The molecule has 5 heteroatoms. The Kier molecular flexibility index (Phi) is 10.2. The monoisotopic (exact) mass is 339 g/mol. The Morgan fingerprint density at radius 3 is 2.38 bits per heavy atom. The maximum Gasteiger partial charge on any atom is 0.408 e. The summed E-state index contributed by atoms with van der Waals surface area (Å²) in [6.45, 7) is 6.48. The SMILES string of the molecule is C=CCCOC(=O)NC1(C(=O)OCCCCCCCC)CCCC1. The quantitative estimate of drug-likeness (QED) is 0.323. The minimum Gasteiger partial charge on any atom is -0.464 e. The normalized spacial score (nSPS) is 15.7. The number of hydrogen-bond acceptors (Lipinski definition) is 4. The van der Waals surface area contributed by atoms with Crippen molar-refractivity contribution in [3.63, 3.8) is 0 Å². The van der Waals surface area contributed by atoms with Gasteiger partial charge in [0.15, 0.2) is 0 Å². The average Bonchev–Trinajstić information content (AvgIpc) is 3.03. The molecule has 1 fully saturated rings. The highest BCUT2D eigenvalue weighted by Gasteiger charge is 2.44. The molecule has 0 aliphatic heterocycles. The largest absolute Gasteiger partial charge is 0.464 e. The summed E-state index contributed by atoms with van der Waals surface area (Å²) in [7, 11) is 0. The van der Waals surface area contributed by atoms with Crippen molar-refractivity contribution in [1.29, 1.82) is 0 Å². The van der Waals surface area contributed by atoms with E-state index in [9.17, 15) is 9.59 Å². The summed E-state index contributed by atoms with van der Waals surface area (Å²) in [5, 5.41) is 2.75. The second-order valence-electron chi connectivity index (χ2n) is 6.53. The molecule has 5 nitrogen and oxygen atoms in total. The molecule has 1 saturated carbocycles. The Labute approximate surface area is 146 Å². The predicted octanol–water partition coefficient (Wildman–Crippen LogP) is 4.51. The fraction of sp³-hybridized carbons (Fsp3) is 0.789. The lowest BCUT2D eigenvalue weighted by Gasteiger charge is -2.27. The molecule has 0 atom stereocenters. The molecule has 0 heterocycles. The van der Waals surface area contributed by atoms with Crippen LogP contribution in [0.25, 0.3) is 0 Å². The summed E-state index contributed by atoms with van der Waals surface area (Å²) < 4.78 is 10.5. The van der Waals surface area contributed by atoms with Crippen molar-refractivity contribution < 1.29 is 19.1 Å². The molecule has 138 valence electrons. The van der Waals surface area contributed by atoms with Crippen LogP contribution in [0.1, 0.15) is 77.6 Å². The first-order valence-corrected chi connectivity index (χ1v) is 9.37. The van der Waals surface area contributed by atoms with Crippen molar-refractivity contribution in [3.8, 4) is 0 Å². The van der Waals surface area contributed by atoms with Gasteiger partial charge in [-0.1, -0.05) is 57.9 Å². The van der Waals surface area contributed by atoms with Gasteiger partial charge in [-0.25, -0.2) is 9.59 Å². The number of ether oxygens (including phenoxy) is 2. The number of amides is 1. The van der Waals surface area contributed by atoms with Gasteiger partial charge in [-0.3, -0.25) is 0 Å². The van der Waals surface area contributed by atoms with Gasteiger partial charge in [0, 0.05) is 0 Å². The molecule has 1 aliphatic carbocycles. The van der Waals surface area contributed by atoms with E-state index in [0.717, 1.165) is 25.7 Å². The van der Waals surface area contributed by atoms with Gasteiger partial charge in [-0.2, -0.15) is 0 Å². The minimum atomic E-state index is -0.895. The Morgan fingerprint density at radius 1 is 1.04 bits per heavy atom. The summed E-state index contributed by atoms with van der Waals surface area (Å²) in [6, 6.07) is 0. The van der Waals surface area contributed by atoms with E-state index in [0.29, 0.717) is 25.9 Å². The van der Waals surface area contributed by atoms with Gasteiger partial charge >= 0.3 is 12.1 Å². The molecular formula is C19H33NO4. The standard InChI is InChI=1S/C19H33NO4/c1-3-5-7-8-9-12-16-23-17(21)19(13-10-11-14-19)20-18(22)24-15-6-4-2/h4H,2-3,5-16H2,1H3,(H,20,22). The first kappa shape index (κ1) is 20.5. The van der Waals surface area contributed by atoms with E-state index in [-0.39, 0.29) is 12.6 Å². The van der Waals surface area contributed by atoms with Gasteiger partial charge in [-0.05, 0) is 25.7 Å². The van der Waals surface area contributed by atoms with E-state index >= 15 is 0 Å². The molecule has 0 aromatic heterocycles. The van der Waals surface area contributed by atoms with Crippen molar-refractivity contribution in [2.45, 2.75) is 83.1 Å². The number of nitrogens with one attached hydrogen (secondary N) is 1. The van der Waals surface area contributed by atoms with Crippen molar-refractivity contribution in [3.05, 3.63) is 12.7 Å². The van der Waals surface area contributed by atoms with E-state index in [1.165, 1.54) is 25.7 Å². The van der Waals surface area contributed by atoms with Crippen molar-refractivity contribution in [2.24, 2.45) is 0 Å². The van der Waals surface area contributed by atoms with E-state index in [1.807, 2.05) is 0 Å². The lowest BCUT2D eigenvalue weighted by molar-refractivity contribution is -0.151. The third-order valence-electron chi connectivity index (χ3n) is 4.48. The Morgan fingerprint density at radius 2 is 1.71 bits per heavy atom. The zero-order chi connectivity index (χ0) is 17.7. The second-order valence-corrected chi connectivity index (χ2v) is 6.53. The maximum absolute atomic E-state index is 12.5. The highest BCUT2D eigenvalue weighted by molar-refractivity contribution is 5.86. The van der Waals surface area contributed by atoms with E-state index in [4.69, 9.17) is 9.47 Å². The number of alkyl carbamates (subject to hydrolysis) is 1. The smallest absolute Gasteiger partial charge is 0.408 e. The summed E-state index contributed by atoms with van der Waals surface area (Å²) in [5.74, 6) is -0.311. The molecule has 0 saturated heterocycles. The zero-order valence-electron chi connectivity index (χ0n) is 15.1. The maximum atomic E-state index is 12.5. The van der Waals surface area contributed by atoms with Gasteiger partial charge in [0.1, 0.15) is 5.54 Å². The third-order valence-corrected chi connectivity index (χ3v) is 4.48. The first-order chi connectivity index (χ1) is 11.6. The Balaban J connectivity index is 2.33. The predicted molar refractivity (Wildman–Crippen MR) is 94.8 cm³/mol. The summed E-state index contributed by atoms with van der Waals surface area (Å²) in [5.41, 5.74) is -0.895. The summed E-state index contributed by atoms with van der Waals surface area (Å²) in [4.78, 5) is 24.3. The van der Waals surface area contributed by atoms with E-state index in [2.05, 4.69) is 18.8 Å². The zero-order valence-corrected chi connectivity index (χ0v) is 15.1. The number of carbonyl (C=O) groups excluding carboxylic acids is 2. The fourth-order valence-electron chi connectivity index (χ4n) is 3.01. The summed E-state index contributed by atoms with van der Waals surface area (Å²) >= 11 is 0. The molecule has 24 heavy (non-hydrogen) atoms. The van der Waals surface area contributed by atoms with Crippen LogP contribution in [0.4, 0.5) is 4.79 Å². The molecule has 1 aliphatic rings.